The molecule has 0 aromatic heterocycles. The van der Waals surface area contributed by atoms with Crippen molar-refractivity contribution >= 4 is 17.6 Å². The summed E-state index contributed by atoms with van der Waals surface area (Å²) in [6.45, 7) is 3.94. The van der Waals surface area contributed by atoms with E-state index in [1.54, 1.807) is 4.90 Å². The monoisotopic (exact) mass is 354 g/mol. The van der Waals surface area contributed by atoms with Crippen molar-refractivity contribution < 1.29 is 18.3 Å². The van der Waals surface area contributed by atoms with Crippen LogP contribution < -0.4 is 15.5 Å². The summed E-state index contributed by atoms with van der Waals surface area (Å²) in [6, 6.07) is 3.89. The Balaban J connectivity index is 1.95. The molecule has 0 amide bonds. The molecule has 25 heavy (non-hydrogen) atoms. The summed E-state index contributed by atoms with van der Waals surface area (Å²) in [4.78, 5) is 17.2. The Morgan fingerprint density at radius 1 is 1.40 bits per heavy atom. The molecule has 1 aliphatic heterocycles. The highest BCUT2D eigenvalue weighted by Gasteiger charge is 2.27. The number of aliphatic imine (C=N–C) groups is 1. The highest BCUT2D eigenvalue weighted by molar-refractivity contribution is 5.80. The standard InChI is InChI=1S/C17H24F2N4O2/c1-3-20-17(21-9-7-15(24)25-2)22-12-8-10-23(11-12)16-13(18)5-4-6-14(16)19/h4-6,12H,3,7-11H2,1-2H3,(H2,20,21,22). The van der Waals surface area contributed by atoms with Gasteiger partial charge in [0.1, 0.15) is 17.3 Å². The van der Waals surface area contributed by atoms with Crippen LogP contribution >= 0.6 is 0 Å². The Labute approximate surface area is 146 Å². The van der Waals surface area contributed by atoms with Gasteiger partial charge >= 0.3 is 5.97 Å². The lowest BCUT2D eigenvalue weighted by atomic mass is 10.2. The molecule has 1 aromatic rings. The third-order valence-corrected chi connectivity index (χ3v) is 3.94. The second kappa shape index (κ2) is 9.19. The van der Waals surface area contributed by atoms with Crippen molar-refractivity contribution in [1.29, 1.82) is 0 Å². The number of rotatable bonds is 6. The Hall–Kier alpha value is -2.38. The Morgan fingerprint density at radius 2 is 2.12 bits per heavy atom. The van der Waals surface area contributed by atoms with Gasteiger partial charge in [-0.15, -0.1) is 0 Å². The average molecular weight is 354 g/mol. The van der Waals surface area contributed by atoms with Gasteiger partial charge in [-0.05, 0) is 25.5 Å². The van der Waals surface area contributed by atoms with Crippen LogP contribution in [0.4, 0.5) is 14.5 Å². The van der Waals surface area contributed by atoms with E-state index in [1.165, 1.54) is 25.3 Å². The third kappa shape index (κ3) is 5.30. The van der Waals surface area contributed by atoms with Crippen LogP contribution in [0, 0.1) is 11.6 Å². The minimum Gasteiger partial charge on any atom is -0.469 e. The zero-order chi connectivity index (χ0) is 18.2. The number of methoxy groups -OCH3 is 1. The maximum Gasteiger partial charge on any atom is 0.307 e. The average Bonchev–Trinajstić information content (AvgIpc) is 3.02. The molecule has 8 heteroatoms. The third-order valence-electron chi connectivity index (χ3n) is 3.94. The summed E-state index contributed by atoms with van der Waals surface area (Å²) in [7, 11) is 1.34. The molecule has 0 saturated carbocycles. The van der Waals surface area contributed by atoms with Gasteiger partial charge in [0.2, 0.25) is 0 Å². The first kappa shape index (κ1) is 19.0. The van der Waals surface area contributed by atoms with E-state index in [1.807, 2.05) is 6.92 Å². The van der Waals surface area contributed by atoms with Gasteiger partial charge in [0, 0.05) is 25.7 Å². The molecule has 2 N–H and O–H groups in total. The zero-order valence-electron chi connectivity index (χ0n) is 14.5. The Kier molecular flexibility index (Phi) is 6.97. The summed E-state index contributed by atoms with van der Waals surface area (Å²) in [6.07, 6.45) is 0.930. The number of carbonyl (C=O) groups is 1. The van der Waals surface area contributed by atoms with Gasteiger partial charge in [0.05, 0.1) is 20.1 Å². The number of anilines is 1. The molecule has 0 aliphatic carbocycles. The van der Waals surface area contributed by atoms with Crippen LogP contribution in [-0.4, -0.2) is 51.3 Å². The fourth-order valence-corrected chi connectivity index (χ4v) is 2.75. The van der Waals surface area contributed by atoms with E-state index >= 15 is 0 Å². The fourth-order valence-electron chi connectivity index (χ4n) is 2.75. The second-order valence-electron chi connectivity index (χ2n) is 5.73. The summed E-state index contributed by atoms with van der Waals surface area (Å²) < 4.78 is 32.4. The van der Waals surface area contributed by atoms with Gasteiger partial charge in [-0.1, -0.05) is 6.07 Å². The van der Waals surface area contributed by atoms with Gasteiger partial charge in [-0.2, -0.15) is 0 Å². The van der Waals surface area contributed by atoms with Crippen LogP contribution in [0.3, 0.4) is 0 Å². The first-order chi connectivity index (χ1) is 12.0. The highest BCUT2D eigenvalue weighted by Crippen LogP contribution is 2.26. The first-order valence-electron chi connectivity index (χ1n) is 8.35. The van der Waals surface area contributed by atoms with E-state index in [0.717, 1.165) is 6.42 Å². The van der Waals surface area contributed by atoms with Gasteiger partial charge in [0.25, 0.3) is 0 Å². The molecule has 2 rings (SSSR count). The molecule has 138 valence electrons. The number of nitrogens with zero attached hydrogens (tertiary/aromatic N) is 2. The molecule has 0 radical (unpaired) electrons. The van der Waals surface area contributed by atoms with Gasteiger partial charge in [-0.25, -0.2) is 8.78 Å². The van der Waals surface area contributed by atoms with Crippen molar-refractivity contribution in [3.63, 3.8) is 0 Å². The van der Waals surface area contributed by atoms with Gasteiger partial charge in [-0.3, -0.25) is 9.79 Å². The van der Waals surface area contributed by atoms with E-state index in [0.29, 0.717) is 32.1 Å². The highest BCUT2D eigenvalue weighted by atomic mass is 19.1. The van der Waals surface area contributed by atoms with Gasteiger partial charge < -0.3 is 20.3 Å². The zero-order valence-corrected chi connectivity index (χ0v) is 14.5. The quantitative estimate of drug-likeness (QED) is 0.462. The maximum atomic E-state index is 13.9. The van der Waals surface area contributed by atoms with Crippen LogP contribution in [0.15, 0.2) is 23.2 Å². The van der Waals surface area contributed by atoms with Crippen LogP contribution in [0.5, 0.6) is 0 Å². The van der Waals surface area contributed by atoms with Crippen LogP contribution in [0.2, 0.25) is 0 Å². The number of nitrogens with one attached hydrogen (secondary N) is 2. The lowest BCUT2D eigenvalue weighted by Gasteiger charge is -2.21. The predicted molar refractivity (Wildman–Crippen MR) is 92.7 cm³/mol. The fraction of sp³-hybridized carbons (Fsp3) is 0.529. The largest absolute Gasteiger partial charge is 0.469 e. The van der Waals surface area contributed by atoms with Crippen molar-refractivity contribution in [2.24, 2.45) is 4.99 Å². The van der Waals surface area contributed by atoms with Crippen LogP contribution in [0.25, 0.3) is 0 Å². The van der Waals surface area contributed by atoms with Crippen molar-refractivity contribution in [3.05, 3.63) is 29.8 Å². The van der Waals surface area contributed by atoms with Crippen molar-refractivity contribution in [2.75, 3.05) is 38.2 Å². The molecule has 1 aromatic carbocycles. The molecule has 1 unspecified atom stereocenters. The molecule has 0 spiro atoms. The molecule has 1 saturated heterocycles. The first-order valence-corrected chi connectivity index (χ1v) is 8.35. The number of ether oxygens (including phenoxy) is 1. The van der Waals surface area contributed by atoms with Crippen molar-refractivity contribution in [1.82, 2.24) is 10.6 Å². The topological polar surface area (TPSA) is 66.0 Å². The number of esters is 1. The number of benzene rings is 1. The lowest BCUT2D eigenvalue weighted by Crippen LogP contribution is -2.44. The minimum absolute atomic E-state index is 0.00920. The van der Waals surface area contributed by atoms with E-state index in [-0.39, 0.29) is 24.1 Å². The Morgan fingerprint density at radius 3 is 2.76 bits per heavy atom. The van der Waals surface area contributed by atoms with E-state index in [9.17, 15) is 13.6 Å². The molecular weight excluding hydrogens is 330 g/mol. The molecule has 6 nitrogen and oxygen atoms in total. The SMILES string of the molecule is CCNC(=NCCC(=O)OC)NC1CCN(c2c(F)cccc2F)C1. The number of hydrogen-bond acceptors (Lipinski definition) is 4. The number of carbonyl (C=O) groups excluding carboxylic acids is 1. The van der Waals surface area contributed by atoms with Crippen LogP contribution in [0.1, 0.15) is 19.8 Å². The summed E-state index contributed by atoms with van der Waals surface area (Å²) >= 11 is 0. The number of para-hydroxylation sites is 1. The number of halogens is 2. The van der Waals surface area contributed by atoms with E-state index < -0.39 is 11.6 Å². The molecule has 1 aliphatic rings. The smallest absolute Gasteiger partial charge is 0.307 e. The summed E-state index contributed by atoms with van der Waals surface area (Å²) in [5, 5.41) is 6.35. The number of hydrogen-bond donors (Lipinski definition) is 2. The molecule has 1 heterocycles. The molecule has 1 fully saturated rings. The van der Waals surface area contributed by atoms with E-state index in [4.69, 9.17) is 0 Å². The van der Waals surface area contributed by atoms with Crippen molar-refractivity contribution in [2.45, 2.75) is 25.8 Å². The lowest BCUT2D eigenvalue weighted by molar-refractivity contribution is -0.140. The Bertz CT molecular complexity index is 604. The van der Waals surface area contributed by atoms with E-state index in [2.05, 4.69) is 20.4 Å². The summed E-state index contributed by atoms with van der Waals surface area (Å²) in [5.74, 6) is -0.854. The maximum absolute atomic E-state index is 13.9. The minimum atomic E-state index is -0.556. The number of guanidine groups is 1. The second-order valence-corrected chi connectivity index (χ2v) is 5.73. The predicted octanol–water partition coefficient (Wildman–Crippen LogP) is 1.66. The normalized spacial score (nSPS) is 17.5. The van der Waals surface area contributed by atoms with Crippen molar-refractivity contribution in [3.8, 4) is 0 Å². The summed E-state index contributed by atoms with van der Waals surface area (Å²) in [5.41, 5.74) is 0.0134. The van der Waals surface area contributed by atoms with Gasteiger partial charge in [0.15, 0.2) is 5.96 Å². The molecule has 0 bridgehead atoms. The van der Waals surface area contributed by atoms with Crippen LogP contribution in [-0.2, 0) is 9.53 Å². The molecular formula is C17H24F2N4O2. The molecule has 1 atom stereocenters.